The van der Waals surface area contributed by atoms with E-state index in [9.17, 15) is 4.79 Å². The summed E-state index contributed by atoms with van der Waals surface area (Å²) in [6, 6.07) is 10.9. The van der Waals surface area contributed by atoms with Crippen LogP contribution in [-0.4, -0.2) is 37.0 Å². The molecule has 1 aromatic heterocycles. The van der Waals surface area contributed by atoms with Gasteiger partial charge in [0.05, 0.1) is 19.7 Å². The number of anilines is 1. The molecule has 0 fully saturated rings. The molecule has 3 aromatic rings. The average molecular weight is 398 g/mol. The van der Waals surface area contributed by atoms with Gasteiger partial charge in [-0.05, 0) is 42.3 Å². The molecule has 0 bridgehead atoms. The third-order valence-corrected chi connectivity index (χ3v) is 4.40. The van der Waals surface area contributed by atoms with Gasteiger partial charge in [0, 0.05) is 18.0 Å². The number of nitrogens with one attached hydrogen (secondary N) is 3. The second-order valence-corrected chi connectivity index (χ2v) is 6.52. The third-order valence-electron chi connectivity index (χ3n) is 4.40. The first-order valence-electron chi connectivity index (χ1n) is 9.50. The average Bonchev–Trinajstić information content (AvgIpc) is 3.14. The molecule has 2 aromatic carbocycles. The zero-order valence-electron chi connectivity index (χ0n) is 16.9. The molecule has 0 aliphatic carbocycles. The molecule has 1 heterocycles. The van der Waals surface area contributed by atoms with Crippen molar-refractivity contribution in [3.63, 3.8) is 0 Å². The first-order valence-corrected chi connectivity index (χ1v) is 9.50. The fraction of sp³-hybridized carbons (Fsp3) is 0.333. The number of H-pyrrole nitrogens is 1. The molecule has 8 nitrogen and oxygen atoms in total. The number of hydrogen-bond donors (Lipinski definition) is 3. The number of ether oxygens (including phenoxy) is 3. The molecule has 0 saturated heterocycles. The van der Waals surface area contributed by atoms with Crippen LogP contribution in [0.15, 0.2) is 36.4 Å². The number of hydrogen-bond acceptors (Lipinski definition) is 5. The molecule has 0 spiro atoms. The van der Waals surface area contributed by atoms with Crippen LogP contribution in [0.25, 0.3) is 10.9 Å². The van der Waals surface area contributed by atoms with Crippen LogP contribution in [0.2, 0.25) is 0 Å². The largest absolute Gasteiger partial charge is 0.497 e. The summed E-state index contributed by atoms with van der Waals surface area (Å²) in [4.78, 5) is 12.0. The van der Waals surface area contributed by atoms with Crippen molar-refractivity contribution in [2.24, 2.45) is 0 Å². The van der Waals surface area contributed by atoms with Crippen LogP contribution in [0, 0.1) is 0 Å². The van der Waals surface area contributed by atoms with Gasteiger partial charge in [0.2, 0.25) is 0 Å². The molecule has 0 aliphatic rings. The smallest absolute Gasteiger partial charge is 0.320 e. The number of aromatic nitrogens is 2. The Kier molecular flexibility index (Phi) is 6.78. The third kappa shape index (κ3) is 5.31. The minimum Gasteiger partial charge on any atom is -0.497 e. The molecule has 0 unspecified atom stereocenters. The van der Waals surface area contributed by atoms with E-state index >= 15 is 0 Å². The van der Waals surface area contributed by atoms with Crippen LogP contribution in [-0.2, 0) is 6.61 Å². The summed E-state index contributed by atoms with van der Waals surface area (Å²) < 4.78 is 16.5. The maximum absolute atomic E-state index is 12.0. The van der Waals surface area contributed by atoms with Crippen molar-refractivity contribution in [2.75, 3.05) is 26.1 Å². The number of carbonyl (C=O) groups excluding carboxylic acids is 1. The van der Waals surface area contributed by atoms with Crippen LogP contribution in [0.1, 0.15) is 25.3 Å². The maximum Gasteiger partial charge on any atom is 0.320 e. The highest BCUT2D eigenvalue weighted by Crippen LogP contribution is 2.27. The van der Waals surface area contributed by atoms with Gasteiger partial charge in [-0.1, -0.05) is 13.3 Å². The zero-order chi connectivity index (χ0) is 20.6. The summed E-state index contributed by atoms with van der Waals surface area (Å²) in [6.07, 6.45) is 1.95. The van der Waals surface area contributed by atoms with Crippen molar-refractivity contribution in [3.05, 3.63) is 42.0 Å². The molecule has 154 valence electrons. The number of carbonyl (C=O) groups is 1. The Hall–Kier alpha value is -3.42. The summed E-state index contributed by atoms with van der Waals surface area (Å²) >= 11 is 0. The standard InChI is InChI=1S/C21H26N4O4/c1-4-5-8-22-21(26)23-20-18-12-15(6-7-19(18)24-25-20)29-13-14-9-16(27-2)11-17(10-14)28-3/h6-7,9-12H,4-5,8,13H2,1-3H3,(H3,22,23,24,25,26). The quantitative estimate of drug-likeness (QED) is 0.472. The van der Waals surface area contributed by atoms with E-state index in [1.807, 2.05) is 36.4 Å². The van der Waals surface area contributed by atoms with Gasteiger partial charge < -0.3 is 19.5 Å². The summed E-state index contributed by atoms with van der Waals surface area (Å²) in [7, 11) is 3.22. The lowest BCUT2D eigenvalue weighted by Gasteiger charge is -2.10. The number of amides is 2. The number of aromatic amines is 1. The molecule has 8 heteroatoms. The van der Waals surface area contributed by atoms with Crippen molar-refractivity contribution >= 4 is 22.8 Å². The monoisotopic (exact) mass is 398 g/mol. The summed E-state index contributed by atoms with van der Waals surface area (Å²) in [5, 5.41) is 13.5. The van der Waals surface area contributed by atoms with E-state index in [0.717, 1.165) is 29.3 Å². The van der Waals surface area contributed by atoms with E-state index in [1.165, 1.54) is 0 Å². The molecule has 0 radical (unpaired) electrons. The molecule has 0 saturated carbocycles. The van der Waals surface area contributed by atoms with Crippen molar-refractivity contribution in [3.8, 4) is 17.2 Å². The Balaban J connectivity index is 1.70. The van der Waals surface area contributed by atoms with Crippen LogP contribution < -0.4 is 24.8 Å². The van der Waals surface area contributed by atoms with Crippen molar-refractivity contribution in [2.45, 2.75) is 26.4 Å². The molecule has 3 rings (SSSR count). The van der Waals surface area contributed by atoms with Gasteiger partial charge in [0.1, 0.15) is 23.9 Å². The minimum absolute atomic E-state index is 0.276. The zero-order valence-corrected chi connectivity index (χ0v) is 16.9. The second-order valence-electron chi connectivity index (χ2n) is 6.52. The lowest BCUT2D eigenvalue weighted by Crippen LogP contribution is -2.29. The normalized spacial score (nSPS) is 10.6. The Morgan fingerprint density at radius 1 is 1.07 bits per heavy atom. The highest BCUT2D eigenvalue weighted by molar-refractivity contribution is 5.99. The molecule has 0 atom stereocenters. The van der Waals surface area contributed by atoms with E-state index in [0.29, 0.717) is 36.2 Å². The predicted molar refractivity (Wildman–Crippen MR) is 112 cm³/mol. The van der Waals surface area contributed by atoms with E-state index in [4.69, 9.17) is 14.2 Å². The second kappa shape index (κ2) is 9.68. The van der Waals surface area contributed by atoms with E-state index in [1.54, 1.807) is 14.2 Å². The number of nitrogens with zero attached hydrogens (tertiary/aromatic N) is 1. The van der Waals surface area contributed by atoms with E-state index in [2.05, 4.69) is 27.8 Å². The fourth-order valence-corrected chi connectivity index (χ4v) is 2.82. The highest BCUT2D eigenvalue weighted by Gasteiger charge is 2.11. The Labute approximate surface area is 169 Å². The molecule has 29 heavy (non-hydrogen) atoms. The van der Waals surface area contributed by atoms with Crippen molar-refractivity contribution < 1.29 is 19.0 Å². The van der Waals surface area contributed by atoms with Gasteiger partial charge in [0.25, 0.3) is 0 Å². The van der Waals surface area contributed by atoms with Crippen molar-refractivity contribution in [1.82, 2.24) is 15.5 Å². The number of fused-ring (bicyclic) bond motifs is 1. The van der Waals surface area contributed by atoms with Gasteiger partial charge in [-0.2, -0.15) is 5.10 Å². The summed E-state index contributed by atoms with van der Waals surface area (Å²) in [5.41, 5.74) is 1.73. The molecular weight excluding hydrogens is 372 g/mol. The Bertz CT molecular complexity index is 948. The highest BCUT2D eigenvalue weighted by atomic mass is 16.5. The number of rotatable bonds is 9. The van der Waals surface area contributed by atoms with Crippen LogP contribution in [0.5, 0.6) is 17.2 Å². The number of unbranched alkanes of at least 4 members (excludes halogenated alkanes) is 1. The topological polar surface area (TPSA) is 97.5 Å². The summed E-state index contributed by atoms with van der Waals surface area (Å²) in [6.45, 7) is 3.05. The van der Waals surface area contributed by atoms with Gasteiger partial charge in [-0.25, -0.2) is 4.79 Å². The van der Waals surface area contributed by atoms with E-state index in [-0.39, 0.29) is 6.03 Å². The Morgan fingerprint density at radius 2 is 1.83 bits per heavy atom. The fourth-order valence-electron chi connectivity index (χ4n) is 2.82. The number of methoxy groups -OCH3 is 2. The predicted octanol–water partition coefficient (Wildman–Crippen LogP) is 4.08. The molecule has 3 N–H and O–H groups in total. The first-order chi connectivity index (χ1) is 14.1. The Morgan fingerprint density at radius 3 is 2.52 bits per heavy atom. The molecule has 0 aliphatic heterocycles. The van der Waals surface area contributed by atoms with E-state index < -0.39 is 0 Å². The summed E-state index contributed by atoms with van der Waals surface area (Å²) in [5.74, 6) is 2.53. The molecular formula is C21H26N4O4. The SMILES string of the molecule is CCCCNC(=O)Nc1n[nH]c2ccc(OCc3cc(OC)cc(OC)c3)cc12. The van der Waals surface area contributed by atoms with Crippen LogP contribution in [0.4, 0.5) is 10.6 Å². The lowest BCUT2D eigenvalue weighted by molar-refractivity contribution is 0.252. The van der Waals surface area contributed by atoms with Gasteiger partial charge in [0.15, 0.2) is 5.82 Å². The van der Waals surface area contributed by atoms with Gasteiger partial charge >= 0.3 is 6.03 Å². The molecule has 2 amide bonds. The van der Waals surface area contributed by atoms with Crippen LogP contribution in [0.3, 0.4) is 0 Å². The lowest BCUT2D eigenvalue weighted by atomic mass is 10.2. The maximum atomic E-state index is 12.0. The van der Waals surface area contributed by atoms with Gasteiger partial charge in [-0.15, -0.1) is 0 Å². The first kappa shape index (κ1) is 20.3. The van der Waals surface area contributed by atoms with Crippen LogP contribution >= 0.6 is 0 Å². The number of urea groups is 1. The minimum atomic E-state index is -0.276. The number of benzene rings is 2. The van der Waals surface area contributed by atoms with Crippen molar-refractivity contribution in [1.29, 1.82) is 0 Å². The van der Waals surface area contributed by atoms with Gasteiger partial charge in [-0.3, -0.25) is 10.4 Å².